The number of hydrogen-bond acceptors (Lipinski definition) is 9. The number of aromatic nitrogens is 4. The minimum Gasteiger partial charge on any atom is -0.497 e. The molecule has 1 unspecified atom stereocenters. The van der Waals surface area contributed by atoms with E-state index in [4.69, 9.17) is 18.9 Å². The van der Waals surface area contributed by atoms with Crippen molar-refractivity contribution in [2.45, 2.75) is 30.2 Å². The number of alkyl halides is 1. The second kappa shape index (κ2) is 14.0. The third kappa shape index (κ3) is 6.04. The smallest absolute Gasteiger partial charge is 0.256 e. The van der Waals surface area contributed by atoms with Crippen molar-refractivity contribution >= 4 is 22.9 Å². The van der Waals surface area contributed by atoms with E-state index in [1.807, 2.05) is 84.9 Å². The normalized spacial score (nSPS) is 19.0. The van der Waals surface area contributed by atoms with E-state index in [1.165, 1.54) is 17.2 Å². The molecule has 2 aromatic heterocycles. The molecule has 0 radical (unpaired) electrons. The van der Waals surface area contributed by atoms with Crippen molar-refractivity contribution in [2.24, 2.45) is 0 Å². The van der Waals surface area contributed by atoms with Crippen molar-refractivity contribution in [2.75, 3.05) is 26.1 Å². The fourth-order valence-electron chi connectivity index (χ4n) is 6.25. The van der Waals surface area contributed by atoms with Crippen molar-refractivity contribution in [3.05, 3.63) is 144 Å². The van der Waals surface area contributed by atoms with Crippen LogP contribution >= 0.6 is 0 Å². The van der Waals surface area contributed by atoms with Gasteiger partial charge in [0.2, 0.25) is 0 Å². The average Bonchev–Trinajstić information content (AvgIpc) is 3.73. The number of halogens is 1. The van der Waals surface area contributed by atoms with E-state index >= 15 is 4.39 Å². The maximum Gasteiger partial charge on any atom is 0.256 e. The highest BCUT2D eigenvalue weighted by atomic mass is 19.1. The molecule has 1 fully saturated rings. The predicted molar refractivity (Wildman–Crippen MR) is 183 cm³/mol. The molecule has 1 amide bonds. The first-order valence-corrected chi connectivity index (χ1v) is 15.9. The molecule has 1 aliphatic heterocycles. The minimum atomic E-state index is -1.82. The molecular formula is C38H34FN5O6. The first-order chi connectivity index (χ1) is 24.4. The number of methoxy groups -OCH3 is 2. The van der Waals surface area contributed by atoms with Crippen molar-refractivity contribution in [3.8, 4) is 11.5 Å². The first kappa shape index (κ1) is 32.8. The number of fused-ring (bicyclic) bond motifs is 1. The van der Waals surface area contributed by atoms with Gasteiger partial charge in [0.05, 0.1) is 27.2 Å². The highest BCUT2D eigenvalue weighted by Gasteiger charge is 2.48. The molecule has 0 bridgehead atoms. The minimum absolute atomic E-state index is 0.165. The standard InChI is InChI=1S/C38H34FN5O6/c1-47-28-17-13-26(14-18-28)38(25-11-7-4-8-12-25,27-15-19-29(48-2)20-16-27)49-21-30-31(39)33(45)37(50-30)44-23-42-32-34(40-22-41-35(32)44)43-36(46)24-9-5-3-6-10-24/h3-20,22-23,30-31,33,37,45H,21H2,1-2H3,(H,40,41,43,46)/t30-,31+,33?,37-/m1/s1. The fraction of sp³-hybridized carbons (Fsp3) is 0.211. The Morgan fingerprint density at radius 1 is 0.840 bits per heavy atom. The second-order valence-electron chi connectivity index (χ2n) is 11.7. The molecule has 4 aromatic carbocycles. The van der Waals surface area contributed by atoms with Gasteiger partial charge < -0.3 is 29.4 Å². The number of rotatable bonds is 11. The van der Waals surface area contributed by atoms with E-state index in [2.05, 4.69) is 20.3 Å². The van der Waals surface area contributed by atoms with Gasteiger partial charge in [-0.3, -0.25) is 9.36 Å². The van der Waals surface area contributed by atoms with Gasteiger partial charge in [0.1, 0.15) is 35.6 Å². The summed E-state index contributed by atoms with van der Waals surface area (Å²) in [6, 6.07) is 33.3. The Bertz CT molecular complexity index is 2010. The molecule has 3 heterocycles. The summed E-state index contributed by atoms with van der Waals surface area (Å²) in [6.45, 7) is -0.234. The number of aliphatic hydroxyl groups excluding tert-OH is 1. The van der Waals surface area contributed by atoms with Gasteiger partial charge in [0.25, 0.3) is 5.91 Å². The van der Waals surface area contributed by atoms with Crippen molar-refractivity contribution in [1.82, 2.24) is 19.5 Å². The van der Waals surface area contributed by atoms with Gasteiger partial charge in [-0.25, -0.2) is 19.3 Å². The summed E-state index contributed by atoms with van der Waals surface area (Å²) in [6.07, 6.45) is -3.13. The zero-order valence-corrected chi connectivity index (χ0v) is 27.2. The Kier molecular flexibility index (Phi) is 9.22. The molecule has 1 aliphatic rings. The first-order valence-electron chi connectivity index (χ1n) is 15.9. The molecule has 254 valence electrons. The van der Waals surface area contributed by atoms with Crippen LogP contribution in [0.15, 0.2) is 122 Å². The highest BCUT2D eigenvalue weighted by Crippen LogP contribution is 2.43. The van der Waals surface area contributed by atoms with Gasteiger partial charge >= 0.3 is 0 Å². The molecule has 11 nitrogen and oxygen atoms in total. The van der Waals surface area contributed by atoms with Crippen molar-refractivity contribution < 1.29 is 33.2 Å². The summed E-state index contributed by atoms with van der Waals surface area (Å²) >= 11 is 0. The number of aliphatic hydroxyl groups is 1. The largest absolute Gasteiger partial charge is 0.497 e. The Balaban J connectivity index is 1.20. The summed E-state index contributed by atoms with van der Waals surface area (Å²) in [5, 5.41) is 13.9. The third-order valence-corrected chi connectivity index (χ3v) is 8.83. The predicted octanol–water partition coefficient (Wildman–Crippen LogP) is 5.70. The zero-order valence-electron chi connectivity index (χ0n) is 27.2. The van der Waals surface area contributed by atoms with E-state index in [0.29, 0.717) is 17.1 Å². The fourth-order valence-corrected chi connectivity index (χ4v) is 6.25. The van der Waals surface area contributed by atoms with Gasteiger partial charge in [-0.2, -0.15) is 0 Å². The monoisotopic (exact) mass is 675 g/mol. The van der Waals surface area contributed by atoms with Crippen molar-refractivity contribution in [3.63, 3.8) is 0 Å². The van der Waals surface area contributed by atoms with E-state index in [-0.39, 0.29) is 29.5 Å². The van der Waals surface area contributed by atoms with Crippen molar-refractivity contribution in [1.29, 1.82) is 0 Å². The van der Waals surface area contributed by atoms with E-state index in [9.17, 15) is 9.90 Å². The van der Waals surface area contributed by atoms with Crippen LogP contribution in [0.1, 0.15) is 33.3 Å². The quantitative estimate of drug-likeness (QED) is 0.166. The zero-order chi connectivity index (χ0) is 34.7. The van der Waals surface area contributed by atoms with Crippen LogP contribution in [0.4, 0.5) is 10.2 Å². The lowest BCUT2D eigenvalue weighted by atomic mass is 9.80. The third-order valence-electron chi connectivity index (χ3n) is 8.83. The van der Waals surface area contributed by atoms with Crippen LogP contribution in [0.25, 0.3) is 11.2 Å². The Morgan fingerprint density at radius 3 is 2.02 bits per heavy atom. The van der Waals surface area contributed by atoms with Crippen LogP contribution in [0.2, 0.25) is 0 Å². The number of nitrogens with zero attached hydrogens (tertiary/aromatic N) is 4. The van der Waals surface area contributed by atoms with Gasteiger partial charge in [-0.05, 0) is 53.1 Å². The van der Waals surface area contributed by atoms with Gasteiger partial charge in [-0.1, -0.05) is 72.8 Å². The molecule has 4 atom stereocenters. The van der Waals surface area contributed by atoms with Crippen LogP contribution in [0.5, 0.6) is 11.5 Å². The number of amides is 1. The van der Waals surface area contributed by atoms with Crippen LogP contribution in [-0.4, -0.2) is 69.7 Å². The molecule has 7 rings (SSSR count). The SMILES string of the molecule is COc1ccc(C(OC[C@H]2O[C@@H](n3cnc4c(NC(=O)c5ccccc5)ncnc43)C(O)[C@H]2F)(c2ccccc2)c2ccc(OC)cc2)cc1. The molecule has 0 spiro atoms. The number of hydrogen-bond donors (Lipinski definition) is 2. The summed E-state index contributed by atoms with van der Waals surface area (Å²) in [4.78, 5) is 25.7. The second-order valence-corrected chi connectivity index (χ2v) is 11.7. The molecule has 50 heavy (non-hydrogen) atoms. The summed E-state index contributed by atoms with van der Waals surface area (Å²) in [7, 11) is 3.19. The maximum atomic E-state index is 16.0. The summed E-state index contributed by atoms with van der Waals surface area (Å²) < 4.78 is 41.3. The maximum absolute atomic E-state index is 16.0. The Hall–Kier alpha value is -5.69. The van der Waals surface area contributed by atoms with Gasteiger partial charge in [0, 0.05) is 5.56 Å². The number of imidazole rings is 1. The Morgan fingerprint density at radius 2 is 1.42 bits per heavy atom. The van der Waals surface area contributed by atoms with Crippen LogP contribution in [0, 0.1) is 0 Å². The van der Waals surface area contributed by atoms with Gasteiger partial charge in [0.15, 0.2) is 29.4 Å². The van der Waals surface area contributed by atoms with Crippen LogP contribution < -0.4 is 14.8 Å². The molecule has 2 N–H and O–H groups in total. The number of ether oxygens (including phenoxy) is 4. The van der Waals surface area contributed by atoms with E-state index in [0.717, 1.165) is 16.7 Å². The molecule has 0 aliphatic carbocycles. The summed E-state index contributed by atoms with van der Waals surface area (Å²) in [5.41, 5.74) is 2.05. The molecule has 1 saturated heterocycles. The molecule has 12 heteroatoms. The number of benzene rings is 4. The van der Waals surface area contributed by atoms with E-state index < -0.39 is 30.2 Å². The molecule has 0 saturated carbocycles. The number of carbonyl (C=O) groups is 1. The molecular weight excluding hydrogens is 641 g/mol. The highest BCUT2D eigenvalue weighted by molar-refractivity contribution is 6.06. The lowest BCUT2D eigenvalue weighted by Crippen LogP contribution is -2.38. The lowest BCUT2D eigenvalue weighted by Gasteiger charge is -2.37. The lowest BCUT2D eigenvalue weighted by molar-refractivity contribution is -0.0894. The average molecular weight is 676 g/mol. The number of carbonyl (C=O) groups excluding carboxylic acids is 1. The van der Waals surface area contributed by atoms with E-state index in [1.54, 1.807) is 38.5 Å². The Labute approximate surface area is 287 Å². The molecule has 6 aromatic rings. The topological polar surface area (TPSA) is 130 Å². The van der Waals surface area contributed by atoms with Crippen LogP contribution in [-0.2, 0) is 15.1 Å². The number of nitrogens with one attached hydrogen (secondary N) is 1. The number of anilines is 1. The summed E-state index contributed by atoms with van der Waals surface area (Å²) in [5.74, 6) is 1.12. The van der Waals surface area contributed by atoms with Crippen LogP contribution in [0.3, 0.4) is 0 Å². The van der Waals surface area contributed by atoms with Gasteiger partial charge in [-0.15, -0.1) is 0 Å².